The first-order chi connectivity index (χ1) is 16.5. The van der Waals surface area contributed by atoms with Crippen LogP contribution in [0.2, 0.25) is 0 Å². The zero-order valence-electron chi connectivity index (χ0n) is 19.8. The van der Waals surface area contributed by atoms with Gasteiger partial charge in [0, 0.05) is 55.6 Å². The highest BCUT2D eigenvalue weighted by molar-refractivity contribution is 5.76. The van der Waals surface area contributed by atoms with Crippen molar-refractivity contribution in [1.29, 1.82) is 0 Å². The zero-order valence-corrected chi connectivity index (χ0v) is 19.8. The van der Waals surface area contributed by atoms with Gasteiger partial charge in [0.2, 0.25) is 11.9 Å². The van der Waals surface area contributed by atoms with E-state index in [9.17, 15) is 9.59 Å². The highest BCUT2D eigenvalue weighted by atomic mass is 16.5. The quantitative estimate of drug-likeness (QED) is 0.503. The van der Waals surface area contributed by atoms with Gasteiger partial charge >= 0.3 is 0 Å². The van der Waals surface area contributed by atoms with Crippen LogP contribution in [0.3, 0.4) is 0 Å². The molecule has 1 aromatic carbocycles. The molecule has 0 radical (unpaired) electrons. The summed E-state index contributed by atoms with van der Waals surface area (Å²) in [5, 5.41) is 7.47. The average Bonchev–Trinajstić information content (AvgIpc) is 3.33. The van der Waals surface area contributed by atoms with Crippen molar-refractivity contribution in [3.8, 4) is 11.3 Å². The third-order valence-electron chi connectivity index (χ3n) is 6.18. The first-order valence-electron chi connectivity index (χ1n) is 11.8. The minimum absolute atomic E-state index is 0.0191. The molecular weight excluding hydrogens is 432 g/mol. The SMILES string of the molecule is Cc1nc(N2CCOCC2)[nH]c(=O)c1CCC(=O)N(C)CCCc1cc(-c2ccccc2)n[nH]1. The van der Waals surface area contributed by atoms with E-state index in [0.29, 0.717) is 56.5 Å². The van der Waals surface area contributed by atoms with Crippen LogP contribution in [0, 0.1) is 6.92 Å². The smallest absolute Gasteiger partial charge is 0.255 e. The number of ether oxygens (including phenoxy) is 1. The average molecular weight is 465 g/mol. The van der Waals surface area contributed by atoms with Crippen molar-refractivity contribution in [2.45, 2.75) is 32.6 Å². The molecule has 9 nitrogen and oxygen atoms in total. The summed E-state index contributed by atoms with van der Waals surface area (Å²) in [5.74, 6) is 0.595. The third kappa shape index (κ3) is 5.91. The number of morpholine rings is 1. The molecule has 1 saturated heterocycles. The second kappa shape index (κ2) is 11.1. The highest BCUT2D eigenvalue weighted by Gasteiger charge is 2.17. The maximum absolute atomic E-state index is 12.6. The minimum atomic E-state index is -0.169. The molecule has 1 amide bonds. The molecule has 0 spiro atoms. The summed E-state index contributed by atoms with van der Waals surface area (Å²) in [7, 11) is 1.81. The number of aromatic amines is 2. The van der Waals surface area contributed by atoms with Crippen LogP contribution in [0.4, 0.5) is 5.95 Å². The van der Waals surface area contributed by atoms with Crippen molar-refractivity contribution < 1.29 is 9.53 Å². The number of nitrogens with zero attached hydrogens (tertiary/aromatic N) is 4. The van der Waals surface area contributed by atoms with Crippen LogP contribution in [0.1, 0.15) is 29.8 Å². The van der Waals surface area contributed by atoms with Crippen LogP contribution in [-0.2, 0) is 22.4 Å². The molecule has 3 heterocycles. The van der Waals surface area contributed by atoms with Crippen molar-refractivity contribution >= 4 is 11.9 Å². The molecule has 34 heavy (non-hydrogen) atoms. The van der Waals surface area contributed by atoms with E-state index >= 15 is 0 Å². The van der Waals surface area contributed by atoms with Crippen molar-refractivity contribution in [2.24, 2.45) is 0 Å². The van der Waals surface area contributed by atoms with Crippen LogP contribution >= 0.6 is 0 Å². The number of hydrogen-bond acceptors (Lipinski definition) is 6. The minimum Gasteiger partial charge on any atom is -0.378 e. The van der Waals surface area contributed by atoms with Gasteiger partial charge in [0.25, 0.3) is 5.56 Å². The van der Waals surface area contributed by atoms with Gasteiger partial charge in [-0.3, -0.25) is 19.7 Å². The maximum atomic E-state index is 12.6. The lowest BCUT2D eigenvalue weighted by atomic mass is 10.1. The van der Waals surface area contributed by atoms with Gasteiger partial charge in [0.05, 0.1) is 18.9 Å². The number of H-pyrrole nitrogens is 2. The summed E-state index contributed by atoms with van der Waals surface area (Å²) in [6.07, 6.45) is 2.29. The van der Waals surface area contributed by atoms with Gasteiger partial charge in [-0.15, -0.1) is 0 Å². The normalized spacial score (nSPS) is 13.8. The van der Waals surface area contributed by atoms with Crippen molar-refractivity contribution in [3.63, 3.8) is 0 Å². The first kappa shape index (κ1) is 23.7. The largest absolute Gasteiger partial charge is 0.378 e. The van der Waals surface area contributed by atoms with Gasteiger partial charge in [0.15, 0.2) is 0 Å². The molecule has 180 valence electrons. The Labute approximate surface area is 199 Å². The number of rotatable bonds is 9. The molecule has 1 aliphatic heterocycles. The highest BCUT2D eigenvalue weighted by Crippen LogP contribution is 2.17. The standard InChI is InChI=1S/C25H32N6O3/c1-18-21(24(33)27-25(26-18)31-13-15-34-16-14-31)10-11-23(32)30(2)12-6-9-20-17-22(29-28-20)19-7-4-3-5-8-19/h3-5,7-8,17H,6,9-16H2,1-2H3,(H,28,29)(H,26,27,33). The van der Waals surface area contributed by atoms with Gasteiger partial charge < -0.3 is 14.5 Å². The molecule has 0 saturated carbocycles. The van der Waals surface area contributed by atoms with Crippen molar-refractivity contribution in [1.82, 2.24) is 25.1 Å². The van der Waals surface area contributed by atoms with Crippen LogP contribution in [0.5, 0.6) is 0 Å². The Hall–Kier alpha value is -3.46. The summed E-state index contributed by atoms with van der Waals surface area (Å²) in [5.41, 5.74) is 4.13. The number of benzene rings is 1. The van der Waals surface area contributed by atoms with Gasteiger partial charge in [-0.25, -0.2) is 4.98 Å². The van der Waals surface area contributed by atoms with E-state index in [1.54, 1.807) is 4.90 Å². The Morgan fingerprint density at radius 1 is 1.18 bits per heavy atom. The van der Waals surface area contributed by atoms with E-state index < -0.39 is 0 Å². The van der Waals surface area contributed by atoms with Gasteiger partial charge in [-0.2, -0.15) is 5.10 Å². The fourth-order valence-electron chi connectivity index (χ4n) is 4.12. The predicted molar refractivity (Wildman–Crippen MR) is 131 cm³/mol. The fraction of sp³-hybridized carbons (Fsp3) is 0.440. The number of aromatic nitrogens is 4. The van der Waals surface area contributed by atoms with Crippen LogP contribution in [0.25, 0.3) is 11.3 Å². The van der Waals surface area contributed by atoms with E-state index in [1.807, 2.05) is 49.2 Å². The van der Waals surface area contributed by atoms with Crippen LogP contribution < -0.4 is 10.5 Å². The van der Waals surface area contributed by atoms with Crippen LogP contribution in [-0.4, -0.2) is 70.9 Å². The molecule has 2 N–H and O–H groups in total. The second-order valence-corrected chi connectivity index (χ2v) is 8.62. The molecule has 4 rings (SSSR count). The van der Waals surface area contributed by atoms with Crippen LogP contribution in [0.15, 0.2) is 41.2 Å². The zero-order chi connectivity index (χ0) is 23.9. The number of nitrogens with one attached hydrogen (secondary N) is 2. The molecule has 0 aliphatic carbocycles. The number of hydrogen-bond donors (Lipinski definition) is 2. The summed E-state index contributed by atoms with van der Waals surface area (Å²) in [4.78, 5) is 36.5. The molecule has 2 aromatic heterocycles. The van der Waals surface area contributed by atoms with Crippen molar-refractivity contribution in [3.05, 3.63) is 63.7 Å². The molecule has 0 bridgehead atoms. The Balaban J connectivity index is 1.25. The van der Waals surface area contributed by atoms with Crippen molar-refractivity contribution in [2.75, 3.05) is 44.8 Å². The Bertz CT molecular complexity index is 1150. The third-order valence-corrected chi connectivity index (χ3v) is 6.18. The Morgan fingerprint density at radius 2 is 1.94 bits per heavy atom. The van der Waals surface area contributed by atoms with E-state index in [-0.39, 0.29) is 17.9 Å². The van der Waals surface area contributed by atoms with E-state index in [0.717, 1.165) is 29.8 Å². The second-order valence-electron chi connectivity index (χ2n) is 8.62. The fourth-order valence-corrected chi connectivity index (χ4v) is 4.12. The molecule has 0 unspecified atom stereocenters. The molecular formula is C25H32N6O3. The predicted octanol–water partition coefficient (Wildman–Crippen LogP) is 2.33. The summed E-state index contributed by atoms with van der Waals surface area (Å²) in [6, 6.07) is 12.1. The van der Waals surface area contributed by atoms with Gasteiger partial charge in [0.1, 0.15) is 0 Å². The lowest BCUT2D eigenvalue weighted by Gasteiger charge is -2.27. The number of aryl methyl sites for hydroxylation is 2. The van der Waals surface area contributed by atoms with E-state index in [2.05, 4.69) is 26.2 Å². The number of carbonyl (C=O) groups excluding carboxylic acids is 1. The molecule has 0 atom stereocenters. The lowest BCUT2D eigenvalue weighted by molar-refractivity contribution is -0.129. The topological polar surface area (TPSA) is 107 Å². The number of carbonyl (C=O) groups is 1. The van der Waals surface area contributed by atoms with E-state index in [1.165, 1.54) is 0 Å². The number of amides is 1. The number of anilines is 1. The Kier molecular flexibility index (Phi) is 7.74. The summed E-state index contributed by atoms with van der Waals surface area (Å²) >= 11 is 0. The summed E-state index contributed by atoms with van der Waals surface area (Å²) < 4.78 is 5.36. The van der Waals surface area contributed by atoms with Gasteiger partial charge in [-0.05, 0) is 32.3 Å². The Morgan fingerprint density at radius 3 is 2.68 bits per heavy atom. The monoisotopic (exact) mass is 464 g/mol. The molecule has 1 fully saturated rings. The maximum Gasteiger partial charge on any atom is 0.255 e. The molecule has 3 aromatic rings. The molecule has 1 aliphatic rings. The lowest BCUT2D eigenvalue weighted by Crippen LogP contribution is -2.38. The van der Waals surface area contributed by atoms with E-state index in [4.69, 9.17) is 4.74 Å². The van der Waals surface area contributed by atoms with Gasteiger partial charge in [-0.1, -0.05) is 30.3 Å². The summed E-state index contributed by atoms with van der Waals surface area (Å²) in [6.45, 7) is 5.13. The first-order valence-corrected chi connectivity index (χ1v) is 11.8. The molecule has 9 heteroatoms.